The number of fused-ring (bicyclic) bond motifs is 2. The number of urea groups is 1. The number of aromatic nitrogens is 1. The number of nitrogens with two attached hydrogens (primary N) is 1. The molecule has 0 saturated heterocycles. The molecule has 10 heteroatoms. The van der Waals surface area contributed by atoms with Gasteiger partial charge < -0.3 is 15.5 Å². The summed E-state index contributed by atoms with van der Waals surface area (Å²) in [5, 5.41) is 28.1. The fourth-order valence-corrected chi connectivity index (χ4v) is 5.70. The van der Waals surface area contributed by atoms with E-state index < -0.39 is 28.2 Å². The predicted octanol–water partition coefficient (Wildman–Crippen LogP) is 1.86. The molecule has 2 aromatic rings. The van der Waals surface area contributed by atoms with Crippen LogP contribution >= 0.6 is 11.3 Å². The molecule has 0 unspecified atom stereocenters. The second kappa shape index (κ2) is 6.89. The summed E-state index contributed by atoms with van der Waals surface area (Å²) in [5.41, 5.74) is 4.02. The van der Waals surface area contributed by atoms with E-state index in [1.54, 1.807) is 0 Å². The highest BCUT2D eigenvalue weighted by Crippen LogP contribution is 2.39. The summed E-state index contributed by atoms with van der Waals surface area (Å²) in [6.45, 7) is 0.832. The highest BCUT2D eigenvalue weighted by molar-refractivity contribution is 7.93. The van der Waals surface area contributed by atoms with Crippen molar-refractivity contribution in [3.63, 3.8) is 0 Å². The van der Waals surface area contributed by atoms with Gasteiger partial charge >= 0.3 is 6.03 Å². The van der Waals surface area contributed by atoms with Crippen molar-refractivity contribution >= 4 is 33.0 Å². The maximum atomic E-state index is 12.8. The lowest BCUT2D eigenvalue weighted by Gasteiger charge is -2.25. The molecular weight excluding hydrogens is 400 g/mol. The van der Waals surface area contributed by atoms with E-state index in [-0.39, 0.29) is 9.22 Å². The molecule has 0 spiro atoms. The Hall–Kier alpha value is -1.85. The fraction of sp³-hybridized carbons (Fsp3) is 0.444. The third-order valence-corrected chi connectivity index (χ3v) is 8.37. The van der Waals surface area contributed by atoms with E-state index in [4.69, 9.17) is 5.14 Å². The molecule has 0 radical (unpaired) electrons. The van der Waals surface area contributed by atoms with E-state index in [1.165, 1.54) is 24.2 Å². The van der Waals surface area contributed by atoms with Gasteiger partial charge in [0.1, 0.15) is 14.8 Å². The van der Waals surface area contributed by atoms with Gasteiger partial charge in [-0.05, 0) is 61.3 Å². The third-order valence-electron chi connectivity index (χ3n) is 5.24. The summed E-state index contributed by atoms with van der Waals surface area (Å²) in [6.07, 6.45) is 6.10. The zero-order valence-corrected chi connectivity index (χ0v) is 17.0. The average Bonchev–Trinajstić information content (AvgIpc) is 3.26. The minimum absolute atomic E-state index is 0.0673. The largest absolute Gasteiger partial charge is 0.393 e. The van der Waals surface area contributed by atoms with Crippen LogP contribution in [0.25, 0.3) is 0 Å². The Morgan fingerprint density at radius 3 is 2.75 bits per heavy atom. The smallest absolute Gasteiger partial charge is 0.354 e. The average molecular weight is 423 g/mol. The van der Waals surface area contributed by atoms with Gasteiger partial charge in [-0.25, -0.2) is 19.1 Å². The molecule has 2 aliphatic carbocycles. The maximum Gasteiger partial charge on any atom is 0.354 e. The summed E-state index contributed by atoms with van der Waals surface area (Å²) >= 11 is 0.861. The Bertz CT molecular complexity index is 1080. The third kappa shape index (κ3) is 3.35. The highest BCUT2D eigenvalue weighted by atomic mass is 32.2. The number of benzene rings is 1. The lowest BCUT2D eigenvalue weighted by molar-refractivity contribution is -0.00244. The summed E-state index contributed by atoms with van der Waals surface area (Å²) in [4.78, 5) is 16.5. The normalized spacial score (nSPS) is 19.0. The molecule has 0 saturated carbocycles. The van der Waals surface area contributed by atoms with Crippen LogP contribution in [0.1, 0.15) is 40.6 Å². The molecule has 2 aliphatic rings. The number of hydrogen-bond acceptors (Lipinski definition) is 6. The number of amides is 2. The maximum absolute atomic E-state index is 12.8. The number of rotatable bonds is 4. The molecule has 1 heterocycles. The number of aryl methyl sites for hydroxylation is 2. The van der Waals surface area contributed by atoms with E-state index in [9.17, 15) is 19.2 Å². The zero-order chi connectivity index (χ0) is 20.1. The van der Waals surface area contributed by atoms with Crippen LogP contribution in [0.3, 0.4) is 0 Å². The van der Waals surface area contributed by atoms with Gasteiger partial charge in [0.2, 0.25) is 0 Å². The first-order chi connectivity index (χ1) is 13.2. The fourth-order valence-electron chi connectivity index (χ4n) is 3.60. The second-order valence-electron chi connectivity index (χ2n) is 7.39. The molecule has 150 valence electrons. The van der Waals surface area contributed by atoms with Crippen LogP contribution < -0.4 is 10.5 Å². The molecule has 1 aromatic heterocycles. The summed E-state index contributed by atoms with van der Waals surface area (Å²) < 4.78 is 16.6. The quantitative estimate of drug-likeness (QED) is 0.596. The minimum Gasteiger partial charge on any atom is -0.393 e. The number of anilines is 1. The molecule has 2 atom stereocenters. The van der Waals surface area contributed by atoms with Gasteiger partial charge in [-0.15, -0.1) is 15.7 Å². The summed E-state index contributed by atoms with van der Waals surface area (Å²) in [5.74, 6) is 0. The Kier molecular flexibility index (Phi) is 4.79. The molecule has 0 aliphatic heterocycles. The molecule has 4 rings (SSSR count). The summed E-state index contributed by atoms with van der Waals surface area (Å²) in [7, 11) is -3.52. The van der Waals surface area contributed by atoms with Crippen molar-refractivity contribution in [1.82, 2.24) is 4.98 Å². The van der Waals surface area contributed by atoms with Gasteiger partial charge in [0.15, 0.2) is 9.92 Å². The molecule has 28 heavy (non-hydrogen) atoms. The van der Waals surface area contributed by atoms with Crippen molar-refractivity contribution in [2.75, 3.05) is 11.9 Å². The lowest BCUT2D eigenvalue weighted by atomic mass is 9.83. The zero-order valence-electron chi connectivity index (χ0n) is 15.4. The number of aliphatic hydroxyl groups excluding tert-OH is 1. The van der Waals surface area contributed by atoms with Gasteiger partial charge in [0.25, 0.3) is 0 Å². The van der Waals surface area contributed by atoms with Gasteiger partial charge in [-0.2, -0.15) is 0 Å². The SMILES string of the molecule is C[C@](O)(CO)c1ncc([S@](N)(=O)=NC(=O)Nc2c3c(cc4c2CC4)CCC3)s1. The predicted molar refractivity (Wildman–Crippen MR) is 107 cm³/mol. The van der Waals surface area contributed by atoms with Gasteiger partial charge in [0.05, 0.1) is 12.8 Å². The molecule has 2 amide bonds. The van der Waals surface area contributed by atoms with Crippen molar-refractivity contribution in [2.24, 2.45) is 9.50 Å². The number of hydrogen-bond donors (Lipinski definition) is 4. The van der Waals surface area contributed by atoms with Crippen LogP contribution in [0.5, 0.6) is 0 Å². The number of thiazole rings is 1. The molecule has 5 N–H and O–H groups in total. The van der Waals surface area contributed by atoms with Crippen LogP contribution in [-0.4, -0.2) is 32.0 Å². The van der Waals surface area contributed by atoms with Crippen molar-refractivity contribution < 1.29 is 19.2 Å². The number of nitrogens with one attached hydrogen (secondary N) is 1. The van der Waals surface area contributed by atoms with E-state index in [0.717, 1.165) is 60.3 Å². The van der Waals surface area contributed by atoms with Crippen LogP contribution in [0.2, 0.25) is 0 Å². The van der Waals surface area contributed by atoms with Crippen LogP contribution in [0.15, 0.2) is 20.8 Å². The van der Waals surface area contributed by atoms with E-state index in [2.05, 4.69) is 20.7 Å². The topological polar surface area (TPSA) is 138 Å². The highest BCUT2D eigenvalue weighted by Gasteiger charge is 2.29. The Labute approximate surface area is 167 Å². The van der Waals surface area contributed by atoms with Gasteiger partial charge in [-0.3, -0.25) is 0 Å². The van der Waals surface area contributed by atoms with Crippen molar-refractivity contribution in [1.29, 1.82) is 0 Å². The van der Waals surface area contributed by atoms with E-state index >= 15 is 0 Å². The van der Waals surface area contributed by atoms with Gasteiger partial charge in [-0.1, -0.05) is 6.07 Å². The Morgan fingerprint density at radius 2 is 2.07 bits per heavy atom. The van der Waals surface area contributed by atoms with Crippen molar-refractivity contribution in [3.05, 3.63) is 39.5 Å². The van der Waals surface area contributed by atoms with E-state index in [0.29, 0.717) is 0 Å². The first-order valence-electron chi connectivity index (χ1n) is 9.03. The van der Waals surface area contributed by atoms with E-state index in [1.807, 2.05) is 0 Å². The monoisotopic (exact) mass is 422 g/mol. The number of carbonyl (C=O) groups is 1. The number of nitrogens with zero attached hydrogens (tertiary/aromatic N) is 2. The number of carbonyl (C=O) groups excluding carboxylic acids is 1. The van der Waals surface area contributed by atoms with Crippen LogP contribution in [0.4, 0.5) is 10.5 Å². The van der Waals surface area contributed by atoms with Gasteiger partial charge in [0, 0.05) is 5.69 Å². The summed E-state index contributed by atoms with van der Waals surface area (Å²) in [6, 6.07) is 1.47. The number of aliphatic hydroxyl groups is 2. The molecule has 0 bridgehead atoms. The minimum atomic E-state index is -3.52. The molecule has 0 fully saturated rings. The molecular formula is C18H22N4O4S2. The Balaban J connectivity index is 1.62. The van der Waals surface area contributed by atoms with Crippen LogP contribution in [-0.2, 0) is 41.2 Å². The standard InChI is InChI=1S/C18H22N4O4S2/c1-18(25,9-23)16-20-8-14(27-16)28(19,26)22-17(24)21-15-12-4-2-3-10(12)7-11-5-6-13(11)15/h7-8,23,25H,2-6,9H2,1H3,(H3,19,21,22,24,26)/t18-,28+/m0/s1. The van der Waals surface area contributed by atoms with Crippen molar-refractivity contribution in [2.45, 2.75) is 48.8 Å². The molecule has 1 aromatic carbocycles. The first kappa shape index (κ1) is 19.5. The lowest BCUT2D eigenvalue weighted by Crippen LogP contribution is -2.25. The first-order valence-corrected chi connectivity index (χ1v) is 11.4. The van der Waals surface area contributed by atoms with Crippen molar-refractivity contribution in [3.8, 4) is 0 Å². The molecule has 8 nitrogen and oxygen atoms in total. The van der Waals surface area contributed by atoms with Crippen LogP contribution in [0, 0.1) is 0 Å². The second-order valence-corrected chi connectivity index (χ2v) is 10.4. The Morgan fingerprint density at radius 1 is 1.36 bits per heavy atom.